The number of Topliss-reactive ketones (excluding diaryl/α,β-unsaturated/α-hetero) is 1. The summed E-state index contributed by atoms with van der Waals surface area (Å²) >= 11 is 0. The van der Waals surface area contributed by atoms with Gasteiger partial charge in [-0.3, -0.25) is 9.79 Å². The number of rotatable bonds is 11. The molecule has 12 nitrogen and oxygen atoms in total. The van der Waals surface area contributed by atoms with Gasteiger partial charge in [0.25, 0.3) is 10.0 Å². The number of nitrogens with two attached hydrogens (primary N) is 1. The minimum absolute atomic E-state index is 0.0199. The summed E-state index contributed by atoms with van der Waals surface area (Å²) in [7, 11) is -4.44. The number of fused-ring (bicyclic) bond motifs is 4. The molecule has 0 radical (unpaired) electrons. The molecule has 6 rings (SSSR count). The van der Waals surface area contributed by atoms with E-state index >= 15 is 0 Å². The van der Waals surface area contributed by atoms with Crippen molar-refractivity contribution in [2.75, 3.05) is 13.2 Å². The molecule has 0 fully saturated rings. The number of alkyl carbamates (subject to hydrolysis) is 1. The number of nitrogens with zero attached hydrogens (tertiary/aromatic N) is 1. The van der Waals surface area contributed by atoms with E-state index in [0.717, 1.165) is 22.3 Å². The third-order valence-electron chi connectivity index (χ3n) is 10.2. The first-order valence-corrected chi connectivity index (χ1v) is 19.8. The Morgan fingerprint density at radius 1 is 0.898 bits per heavy atom. The number of guanidine groups is 1. The minimum Gasteiger partial charge on any atom is -0.486 e. The van der Waals surface area contributed by atoms with Gasteiger partial charge in [0.1, 0.15) is 24.0 Å². The number of nitrogens with one attached hydrogen (secondary N) is 2. The van der Waals surface area contributed by atoms with E-state index in [1.807, 2.05) is 48.5 Å². The molecule has 0 spiro atoms. The van der Waals surface area contributed by atoms with E-state index in [0.29, 0.717) is 16.9 Å². The topological polar surface area (TPSA) is 175 Å². The Hall–Kier alpha value is -6.04. The summed E-state index contributed by atoms with van der Waals surface area (Å²) in [6.07, 6.45) is -1.77. The second-order valence-corrected chi connectivity index (χ2v) is 16.3. The van der Waals surface area contributed by atoms with E-state index in [2.05, 4.69) is 19.8 Å². The van der Waals surface area contributed by atoms with Crippen molar-refractivity contribution in [3.8, 4) is 22.6 Å². The fourth-order valence-electron chi connectivity index (χ4n) is 7.34. The zero-order chi connectivity index (χ0) is 43.1. The zero-order valence-corrected chi connectivity index (χ0v) is 33.2. The van der Waals surface area contributed by atoms with Crippen molar-refractivity contribution in [3.05, 3.63) is 111 Å². The molecule has 312 valence electrons. The van der Waals surface area contributed by atoms with Crippen LogP contribution in [-0.2, 0) is 19.6 Å². The van der Waals surface area contributed by atoms with Crippen molar-refractivity contribution >= 4 is 33.8 Å². The van der Waals surface area contributed by atoms with E-state index in [1.165, 1.54) is 6.92 Å². The molecule has 4 N–H and O–H groups in total. The third kappa shape index (κ3) is 8.31. The molecule has 1 heterocycles. The van der Waals surface area contributed by atoms with Gasteiger partial charge in [-0.15, -0.1) is 0 Å². The van der Waals surface area contributed by atoms with Gasteiger partial charge < -0.3 is 25.3 Å². The smallest absolute Gasteiger partial charge is 0.407 e. The summed E-state index contributed by atoms with van der Waals surface area (Å²) in [6, 6.07) is 13.1. The number of hydrogen-bond acceptors (Lipinski definition) is 9. The highest BCUT2D eigenvalue weighted by atomic mass is 32.2. The van der Waals surface area contributed by atoms with Gasteiger partial charge in [-0.2, -0.15) is 8.78 Å². The largest absolute Gasteiger partial charge is 0.486 e. The van der Waals surface area contributed by atoms with Crippen LogP contribution < -0.4 is 25.2 Å². The Balaban J connectivity index is 1.17. The van der Waals surface area contributed by atoms with E-state index < -0.39 is 86.9 Å². The summed E-state index contributed by atoms with van der Waals surface area (Å²) in [6.45, 7) is 7.63. The average molecular weight is 843 g/mol. The molecule has 0 saturated carbocycles. The molecule has 0 aromatic heterocycles. The van der Waals surface area contributed by atoms with Crippen LogP contribution in [0, 0.1) is 49.9 Å². The van der Waals surface area contributed by atoms with E-state index in [1.54, 1.807) is 27.7 Å². The molecule has 59 heavy (non-hydrogen) atoms. The van der Waals surface area contributed by atoms with Gasteiger partial charge in [-0.05, 0) is 86.4 Å². The highest BCUT2D eigenvalue weighted by molar-refractivity contribution is 7.90. The monoisotopic (exact) mass is 842 g/mol. The third-order valence-corrected chi connectivity index (χ3v) is 11.8. The van der Waals surface area contributed by atoms with Gasteiger partial charge >= 0.3 is 12.1 Å². The van der Waals surface area contributed by atoms with Crippen molar-refractivity contribution in [1.82, 2.24) is 10.0 Å². The molecule has 18 heteroatoms. The number of ether oxygens (including phenoxy) is 3. The van der Waals surface area contributed by atoms with Gasteiger partial charge in [-0.25, -0.2) is 35.9 Å². The summed E-state index contributed by atoms with van der Waals surface area (Å²) in [5.41, 5.74) is 9.77. The maximum atomic E-state index is 14.5. The van der Waals surface area contributed by atoms with Crippen LogP contribution in [-0.4, -0.2) is 57.0 Å². The quantitative estimate of drug-likeness (QED) is 0.0211. The number of carbonyl (C=O) groups excluding carboxylic acids is 3. The first-order valence-electron chi connectivity index (χ1n) is 18.3. The fraction of sp³-hybridized carbons (Fsp3) is 0.317. The summed E-state index contributed by atoms with van der Waals surface area (Å²) in [4.78, 5) is 43.2. The fourth-order valence-corrected chi connectivity index (χ4v) is 8.84. The Morgan fingerprint density at radius 3 is 2.05 bits per heavy atom. The lowest BCUT2D eigenvalue weighted by molar-refractivity contribution is -0.137. The molecule has 2 aliphatic rings. The molecule has 1 atom stereocenters. The van der Waals surface area contributed by atoms with E-state index in [9.17, 15) is 44.8 Å². The van der Waals surface area contributed by atoms with E-state index in [4.69, 9.17) is 15.2 Å². The molecular formula is C41H39F5N4O8S. The Bertz CT molecular complexity index is 2470. The number of carbonyl (C=O) groups is 3. The van der Waals surface area contributed by atoms with Crippen molar-refractivity contribution in [2.24, 2.45) is 10.7 Å². The van der Waals surface area contributed by atoms with Gasteiger partial charge in [0.15, 0.2) is 5.78 Å². The molecule has 0 saturated heterocycles. The first-order chi connectivity index (χ1) is 27.7. The molecule has 1 aliphatic carbocycles. The number of amides is 1. The molecule has 1 unspecified atom stereocenters. The lowest BCUT2D eigenvalue weighted by Gasteiger charge is -2.34. The molecule has 4 aromatic rings. The van der Waals surface area contributed by atoms with Crippen LogP contribution in [0.25, 0.3) is 11.1 Å². The minimum atomic E-state index is -4.44. The maximum Gasteiger partial charge on any atom is 0.407 e. The highest BCUT2D eigenvalue weighted by Gasteiger charge is 2.39. The van der Waals surface area contributed by atoms with Crippen LogP contribution in [0.4, 0.5) is 26.7 Å². The summed E-state index contributed by atoms with van der Waals surface area (Å²) in [5, 5.41) is 2.22. The second kappa shape index (κ2) is 16.3. The van der Waals surface area contributed by atoms with Crippen molar-refractivity contribution in [2.45, 2.75) is 76.3 Å². The number of ketones is 1. The number of hydrogen-bond donors (Lipinski definition) is 3. The number of sulfonamides is 1. The van der Waals surface area contributed by atoms with Gasteiger partial charge in [-0.1, -0.05) is 48.5 Å². The zero-order valence-electron chi connectivity index (χ0n) is 32.4. The van der Waals surface area contributed by atoms with Crippen molar-refractivity contribution in [3.63, 3.8) is 0 Å². The average Bonchev–Trinajstić information content (AvgIpc) is 3.49. The van der Waals surface area contributed by atoms with Crippen LogP contribution in [0.1, 0.15) is 77.2 Å². The molecule has 1 amide bonds. The number of aliphatic imine (C=N–C) groups is 1. The van der Waals surface area contributed by atoms with Gasteiger partial charge in [0, 0.05) is 12.5 Å². The number of halogens is 5. The van der Waals surface area contributed by atoms with Crippen molar-refractivity contribution in [1.29, 1.82) is 0 Å². The Labute approximate surface area is 336 Å². The predicted molar refractivity (Wildman–Crippen MR) is 204 cm³/mol. The predicted octanol–water partition coefficient (Wildman–Crippen LogP) is 6.94. The molecular weight excluding hydrogens is 804 g/mol. The number of esters is 1. The van der Waals surface area contributed by atoms with Crippen LogP contribution in [0.2, 0.25) is 0 Å². The van der Waals surface area contributed by atoms with Gasteiger partial charge in [0.2, 0.25) is 40.8 Å². The molecule has 1 aliphatic heterocycles. The Morgan fingerprint density at radius 2 is 1.46 bits per heavy atom. The van der Waals surface area contributed by atoms with Crippen LogP contribution >= 0.6 is 0 Å². The second-order valence-electron chi connectivity index (χ2n) is 14.7. The van der Waals surface area contributed by atoms with Crippen LogP contribution in [0.15, 0.2) is 58.4 Å². The normalized spacial score (nSPS) is 15.1. The van der Waals surface area contributed by atoms with Gasteiger partial charge in [0.05, 0.1) is 16.9 Å². The van der Waals surface area contributed by atoms with Crippen molar-refractivity contribution < 1.29 is 59.0 Å². The van der Waals surface area contributed by atoms with E-state index in [-0.39, 0.29) is 47.8 Å². The lowest BCUT2D eigenvalue weighted by atomic mass is 9.87. The maximum absolute atomic E-state index is 14.5. The first kappa shape index (κ1) is 42.6. The SMILES string of the molecule is Cc1c(C)c(S(=O)(=O)NC(N)=NCCCC(NC(=O)OCC2c3ccccc3-c3ccccc32)C(=O)Oc2c(F)c(F)c(F)c(F)c2F)c(C)c2c1OC(C)(C)CC2=O. The number of benzene rings is 4. The Kier molecular flexibility index (Phi) is 11.8. The van der Waals surface area contributed by atoms with Crippen LogP contribution in [0.5, 0.6) is 11.5 Å². The highest BCUT2D eigenvalue weighted by Crippen LogP contribution is 2.45. The summed E-state index contributed by atoms with van der Waals surface area (Å²) in [5.74, 6) is -16.5. The lowest BCUT2D eigenvalue weighted by Crippen LogP contribution is -2.44. The summed E-state index contributed by atoms with van der Waals surface area (Å²) < 4.78 is 116. The molecule has 4 aromatic carbocycles. The standard InChI is InChI=1S/C41H39F5N4O8S/c1-19-20(2)37(21(3)29-28(51)17-41(4,5)58-35(19)29)59(54,55)50-39(47)48-16-10-15-27(38(52)57-36-33(45)31(43)30(42)32(44)34(36)46)49-40(53)56-18-26-24-13-8-6-11-22(24)23-12-7-9-14-25(23)26/h6-9,11-14,26-27H,10,15-18H2,1-5H3,(H,49,53)(H3,47,48,50). The van der Waals surface area contributed by atoms with Crippen LogP contribution in [0.3, 0.4) is 0 Å². The molecule has 0 bridgehead atoms.